The fourth-order valence-electron chi connectivity index (χ4n) is 2.68. The molecule has 25 heavy (non-hydrogen) atoms. The molecule has 0 aliphatic heterocycles. The maximum atomic E-state index is 12.4. The molecular weight excluding hydrogens is 336 g/mol. The van der Waals surface area contributed by atoms with Gasteiger partial charge in [0.1, 0.15) is 12.2 Å². The molecule has 3 rings (SSSR count). The van der Waals surface area contributed by atoms with Crippen molar-refractivity contribution in [2.24, 2.45) is 0 Å². The number of hydrogen-bond donors (Lipinski definition) is 0. The maximum Gasteiger partial charge on any atom is 0.339 e. The van der Waals surface area contributed by atoms with Gasteiger partial charge >= 0.3 is 11.6 Å². The number of carbonyl (C=O) groups is 1. The van der Waals surface area contributed by atoms with Crippen molar-refractivity contribution in [3.05, 3.63) is 75.1 Å². The molecule has 0 unspecified atom stereocenters. The van der Waals surface area contributed by atoms with Crippen molar-refractivity contribution in [1.29, 1.82) is 0 Å². The molecule has 0 bridgehead atoms. The molecule has 0 saturated carbocycles. The van der Waals surface area contributed by atoms with Crippen LogP contribution in [0.15, 0.2) is 56.6 Å². The molecule has 0 amide bonds. The number of fused-ring (bicyclic) bond motifs is 1. The van der Waals surface area contributed by atoms with Crippen LogP contribution in [0.25, 0.3) is 11.0 Å². The lowest BCUT2D eigenvalue weighted by Gasteiger charge is -2.11. The molecule has 1 heterocycles. The Balaban J connectivity index is 1.92. The van der Waals surface area contributed by atoms with Crippen molar-refractivity contribution in [3.63, 3.8) is 0 Å². The lowest BCUT2D eigenvalue weighted by atomic mass is 10.0. The third kappa shape index (κ3) is 3.46. The quantitative estimate of drug-likeness (QED) is 0.392. The van der Waals surface area contributed by atoms with Gasteiger partial charge in [-0.15, -0.1) is 11.8 Å². The molecule has 0 fully saturated rings. The van der Waals surface area contributed by atoms with Crippen molar-refractivity contribution in [3.8, 4) is 0 Å². The Kier molecular flexibility index (Phi) is 4.95. The minimum atomic E-state index is -0.447. The normalized spacial score (nSPS) is 10.8. The van der Waals surface area contributed by atoms with E-state index >= 15 is 0 Å². The van der Waals surface area contributed by atoms with Crippen molar-refractivity contribution >= 4 is 28.7 Å². The van der Waals surface area contributed by atoms with Crippen molar-refractivity contribution < 1.29 is 13.9 Å². The molecule has 0 aliphatic rings. The van der Waals surface area contributed by atoms with Crippen molar-refractivity contribution in [1.82, 2.24) is 0 Å². The molecule has 5 heteroatoms. The van der Waals surface area contributed by atoms with E-state index in [0.717, 1.165) is 21.4 Å². The summed E-state index contributed by atoms with van der Waals surface area (Å²) in [5.41, 5.74) is 3.22. The Morgan fingerprint density at radius 2 is 1.92 bits per heavy atom. The first kappa shape index (κ1) is 17.3. The predicted molar refractivity (Wildman–Crippen MR) is 99.3 cm³/mol. The van der Waals surface area contributed by atoms with Gasteiger partial charge in [0.05, 0.1) is 5.56 Å². The van der Waals surface area contributed by atoms with Crippen molar-refractivity contribution in [2.75, 3.05) is 6.26 Å². The molecule has 3 aromatic rings. The van der Waals surface area contributed by atoms with E-state index in [1.54, 1.807) is 12.1 Å². The van der Waals surface area contributed by atoms with Gasteiger partial charge in [0, 0.05) is 21.9 Å². The summed E-state index contributed by atoms with van der Waals surface area (Å²) in [5, 5.41) is 0.786. The van der Waals surface area contributed by atoms with Gasteiger partial charge in [-0.05, 0) is 43.4 Å². The van der Waals surface area contributed by atoms with Crippen LogP contribution in [0.5, 0.6) is 0 Å². The van der Waals surface area contributed by atoms with Crippen LogP contribution in [0.2, 0.25) is 0 Å². The summed E-state index contributed by atoms with van der Waals surface area (Å²) in [6, 6.07) is 12.5. The number of thioether (sulfide) groups is 1. The van der Waals surface area contributed by atoms with Crippen LogP contribution in [0.4, 0.5) is 0 Å². The zero-order valence-electron chi connectivity index (χ0n) is 14.3. The highest BCUT2D eigenvalue weighted by atomic mass is 32.2. The molecule has 0 spiro atoms. The summed E-state index contributed by atoms with van der Waals surface area (Å²) in [6.45, 7) is 3.89. The summed E-state index contributed by atoms with van der Waals surface area (Å²) in [7, 11) is 0. The Labute approximate surface area is 149 Å². The summed E-state index contributed by atoms with van der Waals surface area (Å²) in [4.78, 5) is 25.1. The van der Waals surface area contributed by atoms with Crippen LogP contribution < -0.4 is 5.63 Å². The SMILES string of the molecule is CSc1ccccc1C(=O)OCc1cc(=O)oc2c(C)c(C)ccc12. The number of esters is 1. The molecule has 0 aliphatic carbocycles. The number of ether oxygens (including phenoxy) is 1. The van der Waals surface area contributed by atoms with E-state index in [0.29, 0.717) is 16.7 Å². The van der Waals surface area contributed by atoms with Gasteiger partial charge in [0.2, 0.25) is 0 Å². The maximum absolute atomic E-state index is 12.4. The third-order valence-corrected chi connectivity index (χ3v) is 5.00. The molecule has 2 aromatic carbocycles. The molecular formula is C20H18O4S. The monoisotopic (exact) mass is 354 g/mol. The molecule has 0 saturated heterocycles. The molecule has 1 aromatic heterocycles. The molecule has 0 atom stereocenters. The van der Waals surface area contributed by atoms with Crippen molar-refractivity contribution in [2.45, 2.75) is 25.3 Å². The second-order valence-electron chi connectivity index (χ2n) is 5.75. The molecule has 0 N–H and O–H groups in total. The summed E-state index contributed by atoms with van der Waals surface area (Å²) < 4.78 is 10.8. The highest BCUT2D eigenvalue weighted by Crippen LogP contribution is 2.25. The Morgan fingerprint density at radius 1 is 1.16 bits per heavy atom. The van der Waals surface area contributed by atoms with Gasteiger partial charge in [-0.2, -0.15) is 0 Å². The molecule has 0 radical (unpaired) electrons. The van der Waals surface area contributed by atoms with E-state index in [1.165, 1.54) is 17.8 Å². The highest BCUT2D eigenvalue weighted by molar-refractivity contribution is 7.98. The molecule has 128 valence electrons. The first-order valence-corrected chi connectivity index (χ1v) is 9.07. The van der Waals surface area contributed by atoms with Crippen LogP contribution in [-0.2, 0) is 11.3 Å². The minimum Gasteiger partial charge on any atom is -0.457 e. The van der Waals surface area contributed by atoms with E-state index in [4.69, 9.17) is 9.15 Å². The third-order valence-electron chi connectivity index (χ3n) is 4.20. The van der Waals surface area contributed by atoms with E-state index in [2.05, 4.69) is 0 Å². The number of aryl methyl sites for hydroxylation is 2. The van der Waals surface area contributed by atoms with Crippen LogP contribution in [0.1, 0.15) is 27.0 Å². The highest BCUT2D eigenvalue weighted by Gasteiger charge is 2.14. The Morgan fingerprint density at radius 3 is 2.68 bits per heavy atom. The fourth-order valence-corrected chi connectivity index (χ4v) is 3.26. The number of hydrogen-bond acceptors (Lipinski definition) is 5. The summed E-state index contributed by atoms with van der Waals surface area (Å²) >= 11 is 1.49. The fraction of sp³-hybridized carbons (Fsp3) is 0.200. The minimum absolute atomic E-state index is 0.0200. The van der Waals surface area contributed by atoms with Crippen LogP contribution >= 0.6 is 11.8 Å². The lowest BCUT2D eigenvalue weighted by Crippen LogP contribution is -2.09. The smallest absolute Gasteiger partial charge is 0.339 e. The number of benzene rings is 2. The van der Waals surface area contributed by atoms with Gasteiger partial charge in [0.15, 0.2) is 0 Å². The number of rotatable bonds is 4. The Hall–Kier alpha value is -2.53. The second-order valence-corrected chi connectivity index (χ2v) is 6.60. The van der Waals surface area contributed by atoms with Gasteiger partial charge in [-0.25, -0.2) is 9.59 Å². The lowest BCUT2D eigenvalue weighted by molar-refractivity contribution is 0.0469. The van der Waals surface area contributed by atoms with E-state index in [1.807, 2.05) is 44.4 Å². The summed E-state index contributed by atoms with van der Waals surface area (Å²) in [5.74, 6) is -0.407. The van der Waals surface area contributed by atoms with Crippen LogP contribution in [0.3, 0.4) is 0 Å². The average molecular weight is 354 g/mol. The standard InChI is InChI=1S/C20H18O4S/c1-12-8-9-15-14(10-18(21)24-19(15)13(12)2)11-23-20(22)16-6-4-5-7-17(16)25-3/h4-10H,11H2,1-3H3. The zero-order chi connectivity index (χ0) is 18.0. The van der Waals surface area contributed by atoms with Gasteiger partial charge < -0.3 is 9.15 Å². The first-order chi connectivity index (χ1) is 12.0. The van der Waals surface area contributed by atoms with Gasteiger partial charge in [-0.1, -0.05) is 24.3 Å². The van der Waals surface area contributed by atoms with E-state index < -0.39 is 11.6 Å². The summed E-state index contributed by atoms with van der Waals surface area (Å²) in [6.07, 6.45) is 1.91. The molecule has 4 nitrogen and oxygen atoms in total. The van der Waals surface area contributed by atoms with E-state index in [9.17, 15) is 9.59 Å². The van der Waals surface area contributed by atoms with Crippen LogP contribution in [-0.4, -0.2) is 12.2 Å². The second kappa shape index (κ2) is 7.15. The topological polar surface area (TPSA) is 56.5 Å². The van der Waals surface area contributed by atoms with E-state index in [-0.39, 0.29) is 6.61 Å². The number of carbonyl (C=O) groups excluding carboxylic acids is 1. The Bertz CT molecular complexity index is 1000. The average Bonchev–Trinajstić information content (AvgIpc) is 2.62. The predicted octanol–water partition coefficient (Wildman–Crippen LogP) is 4.49. The largest absolute Gasteiger partial charge is 0.457 e. The van der Waals surface area contributed by atoms with Crippen LogP contribution in [0, 0.1) is 13.8 Å². The van der Waals surface area contributed by atoms with Gasteiger partial charge in [-0.3, -0.25) is 0 Å². The van der Waals surface area contributed by atoms with Gasteiger partial charge in [0.25, 0.3) is 0 Å². The zero-order valence-corrected chi connectivity index (χ0v) is 15.1. The first-order valence-electron chi connectivity index (χ1n) is 7.84.